The van der Waals surface area contributed by atoms with Gasteiger partial charge in [0.25, 0.3) is 5.91 Å². The Morgan fingerprint density at radius 1 is 1.04 bits per heavy atom. The van der Waals surface area contributed by atoms with Gasteiger partial charge in [-0.25, -0.2) is 4.79 Å². The van der Waals surface area contributed by atoms with E-state index in [0.29, 0.717) is 11.4 Å². The fourth-order valence-corrected chi connectivity index (χ4v) is 2.63. The van der Waals surface area contributed by atoms with Gasteiger partial charge in [0, 0.05) is 11.8 Å². The number of carbonyl (C=O) groups is 2. The van der Waals surface area contributed by atoms with E-state index in [9.17, 15) is 9.59 Å². The molecule has 132 valence electrons. The Kier molecular flexibility index (Phi) is 6.50. The predicted octanol–water partition coefficient (Wildman–Crippen LogP) is 3.81. The van der Waals surface area contributed by atoms with Crippen molar-refractivity contribution in [1.82, 2.24) is 0 Å². The average molecular weight is 384 g/mol. The minimum absolute atomic E-state index is 0.116. The smallest absolute Gasteiger partial charge is 0.338 e. The van der Waals surface area contributed by atoms with Gasteiger partial charge in [-0.05, 0) is 24.3 Å². The third kappa shape index (κ3) is 5.01. The van der Waals surface area contributed by atoms with Crippen molar-refractivity contribution in [3.05, 3.63) is 52.0 Å². The van der Waals surface area contributed by atoms with Gasteiger partial charge < -0.3 is 19.5 Å². The molecule has 25 heavy (non-hydrogen) atoms. The maximum atomic E-state index is 12.0. The number of benzene rings is 2. The second-order valence-corrected chi connectivity index (χ2v) is 5.64. The second kappa shape index (κ2) is 8.60. The molecule has 0 heterocycles. The molecule has 0 saturated heterocycles. The molecule has 1 amide bonds. The van der Waals surface area contributed by atoms with Crippen LogP contribution < -0.4 is 14.8 Å². The summed E-state index contributed by atoms with van der Waals surface area (Å²) in [5.74, 6) is -0.368. The van der Waals surface area contributed by atoms with E-state index in [1.165, 1.54) is 26.4 Å². The fourth-order valence-electron chi connectivity index (χ4n) is 1.99. The number of rotatable bonds is 6. The van der Waals surface area contributed by atoms with Crippen LogP contribution in [-0.2, 0) is 9.53 Å². The lowest BCUT2D eigenvalue weighted by Crippen LogP contribution is -2.21. The van der Waals surface area contributed by atoms with E-state index in [4.69, 9.17) is 37.4 Å². The van der Waals surface area contributed by atoms with Gasteiger partial charge in [-0.1, -0.05) is 29.3 Å². The van der Waals surface area contributed by atoms with Crippen LogP contribution in [0.25, 0.3) is 0 Å². The number of ether oxygens (including phenoxy) is 3. The number of carbonyl (C=O) groups excluding carboxylic acids is 2. The van der Waals surface area contributed by atoms with Crippen molar-refractivity contribution in [3.63, 3.8) is 0 Å². The Morgan fingerprint density at radius 2 is 1.72 bits per heavy atom. The Morgan fingerprint density at radius 3 is 2.32 bits per heavy atom. The first-order valence-electron chi connectivity index (χ1n) is 7.08. The first-order chi connectivity index (χ1) is 11.9. The van der Waals surface area contributed by atoms with Crippen LogP contribution in [0, 0.1) is 0 Å². The monoisotopic (exact) mass is 383 g/mol. The molecule has 0 radical (unpaired) electrons. The molecule has 1 N–H and O–H groups in total. The summed E-state index contributed by atoms with van der Waals surface area (Å²) in [6, 6.07) is 9.51. The van der Waals surface area contributed by atoms with E-state index in [1.807, 2.05) is 0 Å². The van der Waals surface area contributed by atoms with Crippen molar-refractivity contribution >= 4 is 40.8 Å². The summed E-state index contributed by atoms with van der Waals surface area (Å²) in [4.78, 5) is 23.9. The third-order valence-corrected chi connectivity index (χ3v) is 3.69. The lowest BCUT2D eigenvalue weighted by atomic mass is 10.2. The van der Waals surface area contributed by atoms with Crippen LogP contribution >= 0.6 is 23.2 Å². The molecule has 0 atom stereocenters. The summed E-state index contributed by atoms with van der Waals surface area (Å²) in [6.07, 6.45) is 0. The van der Waals surface area contributed by atoms with Crippen LogP contribution in [-0.4, -0.2) is 32.7 Å². The van der Waals surface area contributed by atoms with E-state index in [2.05, 4.69) is 5.32 Å². The predicted molar refractivity (Wildman–Crippen MR) is 94.9 cm³/mol. The maximum Gasteiger partial charge on any atom is 0.338 e. The topological polar surface area (TPSA) is 73.9 Å². The fraction of sp³-hybridized carbons (Fsp3) is 0.176. The summed E-state index contributed by atoms with van der Waals surface area (Å²) in [5.41, 5.74) is 0.640. The molecule has 0 bridgehead atoms. The van der Waals surface area contributed by atoms with Crippen molar-refractivity contribution in [1.29, 1.82) is 0 Å². The highest BCUT2D eigenvalue weighted by molar-refractivity contribution is 6.37. The zero-order chi connectivity index (χ0) is 18.4. The lowest BCUT2D eigenvalue weighted by Gasteiger charge is -2.10. The van der Waals surface area contributed by atoms with Crippen LogP contribution in [0.3, 0.4) is 0 Å². The summed E-state index contributed by atoms with van der Waals surface area (Å²) in [7, 11) is 2.93. The Labute approximate surface area is 154 Å². The van der Waals surface area contributed by atoms with Crippen molar-refractivity contribution in [2.75, 3.05) is 26.1 Å². The Bertz CT molecular complexity index is 771. The van der Waals surface area contributed by atoms with Crippen LogP contribution in [0.1, 0.15) is 10.4 Å². The van der Waals surface area contributed by atoms with E-state index < -0.39 is 18.5 Å². The first kappa shape index (κ1) is 18.9. The molecule has 0 unspecified atom stereocenters. The summed E-state index contributed by atoms with van der Waals surface area (Å²) < 4.78 is 15.0. The third-order valence-electron chi connectivity index (χ3n) is 3.13. The number of esters is 1. The highest BCUT2D eigenvalue weighted by Gasteiger charge is 2.16. The van der Waals surface area contributed by atoms with Gasteiger partial charge in [0.1, 0.15) is 5.75 Å². The van der Waals surface area contributed by atoms with Crippen molar-refractivity contribution in [2.45, 2.75) is 0 Å². The molecule has 0 aliphatic carbocycles. The molecule has 0 saturated carbocycles. The minimum Gasteiger partial charge on any atom is -0.497 e. The van der Waals surface area contributed by atoms with Gasteiger partial charge in [0.2, 0.25) is 0 Å². The van der Waals surface area contributed by atoms with Crippen molar-refractivity contribution in [3.8, 4) is 11.5 Å². The van der Waals surface area contributed by atoms with Gasteiger partial charge in [0.05, 0.1) is 29.8 Å². The average Bonchev–Trinajstić information content (AvgIpc) is 2.59. The molecule has 0 fully saturated rings. The maximum absolute atomic E-state index is 12.0. The zero-order valence-electron chi connectivity index (χ0n) is 13.5. The molecule has 0 aliphatic heterocycles. The molecule has 2 rings (SSSR count). The van der Waals surface area contributed by atoms with E-state index in [0.717, 1.165) is 0 Å². The van der Waals surface area contributed by atoms with E-state index in [-0.39, 0.29) is 21.4 Å². The molecule has 0 spiro atoms. The normalized spacial score (nSPS) is 10.1. The van der Waals surface area contributed by atoms with Crippen LogP contribution in [0.2, 0.25) is 10.0 Å². The lowest BCUT2D eigenvalue weighted by molar-refractivity contribution is -0.119. The number of methoxy groups -OCH3 is 2. The Balaban J connectivity index is 1.96. The van der Waals surface area contributed by atoms with Crippen LogP contribution in [0.15, 0.2) is 36.4 Å². The number of halogens is 2. The van der Waals surface area contributed by atoms with Gasteiger partial charge in [-0.15, -0.1) is 0 Å². The molecule has 0 aliphatic rings. The van der Waals surface area contributed by atoms with Crippen LogP contribution in [0.4, 0.5) is 5.69 Å². The summed E-state index contributed by atoms with van der Waals surface area (Å²) in [6.45, 7) is -0.461. The van der Waals surface area contributed by atoms with Gasteiger partial charge >= 0.3 is 5.97 Å². The molecule has 2 aromatic rings. The molecule has 8 heteroatoms. The van der Waals surface area contributed by atoms with Crippen molar-refractivity contribution in [2.24, 2.45) is 0 Å². The van der Waals surface area contributed by atoms with Gasteiger partial charge in [-0.2, -0.15) is 0 Å². The zero-order valence-corrected chi connectivity index (χ0v) is 15.0. The molecule has 0 aromatic heterocycles. The largest absolute Gasteiger partial charge is 0.497 e. The SMILES string of the molecule is COc1cccc(NC(=O)COC(=O)c2cc(Cl)c(OC)c(Cl)c2)c1. The minimum atomic E-state index is -0.729. The quantitative estimate of drug-likeness (QED) is 0.767. The molecular weight excluding hydrogens is 369 g/mol. The standard InChI is InChI=1S/C17H15Cl2NO5/c1-23-12-5-3-4-11(8-12)20-15(21)9-25-17(22)10-6-13(18)16(24-2)14(19)7-10/h3-8H,9H2,1-2H3,(H,20,21). The summed E-state index contributed by atoms with van der Waals surface area (Å²) >= 11 is 11.9. The van der Waals surface area contributed by atoms with E-state index in [1.54, 1.807) is 24.3 Å². The number of hydrogen-bond acceptors (Lipinski definition) is 5. The molecular formula is C17H15Cl2NO5. The molecule has 6 nitrogen and oxygen atoms in total. The second-order valence-electron chi connectivity index (χ2n) is 4.83. The van der Waals surface area contributed by atoms with E-state index >= 15 is 0 Å². The van der Waals surface area contributed by atoms with Gasteiger partial charge in [0.15, 0.2) is 12.4 Å². The highest BCUT2D eigenvalue weighted by atomic mass is 35.5. The number of nitrogens with one attached hydrogen (secondary N) is 1. The first-order valence-corrected chi connectivity index (χ1v) is 7.84. The number of hydrogen-bond donors (Lipinski definition) is 1. The van der Waals surface area contributed by atoms with Crippen LogP contribution in [0.5, 0.6) is 11.5 Å². The number of amides is 1. The Hall–Kier alpha value is -2.44. The van der Waals surface area contributed by atoms with Gasteiger partial charge in [-0.3, -0.25) is 4.79 Å². The summed E-state index contributed by atoms with van der Waals surface area (Å²) in [5, 5.41) is 2.93. The van der Waals surface area contributed by atoms with Crippen molar-refractivity contribution < 1.29 is 23.8 Å². The highest BCUT2D eigenvalue weighted by Crippen LogP contribution is 2.33. The number of anilines is 1. The molecule has 2 aromatic carbocycles.